The fourth-order valence-corrected chi connectivity index (χ4v) is 2.54. The SMILES string of the molecule is CCOc1cccc(-c2noc(C3NCCC3C)n2)c1. The van der Waals surface area contributed by atoms with E-state index in [4.69, 9.17) is 9.26 Å². The molecule has 0 radical (unpaired) electrons. The molecule has 106 valence electrons. The van der Waals surface area contributed by atoms with Crippen LogP contribution in [-0.2, 0) is 0 Å². The van der Waals surface area contributed by atoms with E-state index in [2.05, 4.69) is 22.4 Å². The van der Waals surface area contributed by atoms with E-state index in [0.717, 1.165) is 24.3 Å². The lowest BCUT2D eigenvalue weighted by molar-refractivity contribution is 0.319. The third-order valence-corrected chi connectivity index (χ3v) is 3.64. The quantitative estimate of drug-likeness (QED) is 0.928. The average molecular weight is 273 g/mol. The fraction of sp³-hybridized carbons (Fsp3) is 0.467. The highest BCUT2D eigenvalue weighted by molar-refractivity contribution is 5.56. The highest BCUT2D eigenvalue weighted by atomic mass is 16.5. The summed E-state index contributed by atoms with van der Waals surface area (Å²) in [6.45, 7) is 5.81. The average Bonchev–Trinajstić information content (AvgIpc) is 3.08. The van der Waals surface area contributed by atoms with Crippen molar-refractivity contribution in [2.45, 2.75) is 26.3 Å². The molecule has 1 saturated heterocycles. The first-order valence-electron chi connectivity index (χ1n) is 7.08. The molecule has 1 aromatic heterocycles. The van der Waals surface area contributed by atoms with E-state index >= 15 is 0 Å². The van der Waals surface area contributed by atoms with Crippen LogP contribution in [0.1, 0.15) is 32.2 Å². The first kappa shape index (κ1) is 13.1. The van der Waals surface area contributed by atoms with Gasteiger partial charge in [0, 0.05) is 5.56 Å². The predicted molar refractivity (Wildman–Crippen MR) is 75.4 cm³/mol. The van der Waals surface area contributed by atoms with Gasteiger partial charge in [-0.15, -0.1) is 0 Å². The summed E-state index contributed by atoms with van der Waals surface area (Å²) >= 11 is 0. The van der Waals surface area contributed by atoms with Crippen molar-refractivity contribution in [3.63, 3.8) is 0 Å². The number of nitrogens with one attached hydrogen (secondary N) is 1. The van der Waals surface area contributed by atoms with Gasteiger partial charge in [-0.3, -0.25) is 0 Å². The lowest BCUT2D eigenvalue weighted by Crippen LogP contribution is -2.16. The van der Waals surface area contributed by atoms with Crippen molar-refractivity contribution in [1.29, 1.82) is 0 Å². The Morgan fingerprint density at radius 2 is 2.35 bits per heavy atom. The number of hydrogen-bond acceptors (Lipinski definition) is 5. The second-order valence-corrected chi connectivity index (χ2v) is 5.11. The summed E-state index contributed by atoms with van der Waals surface area (Å²) < 4.78 is 10.9. The molecule has 0 spiro atoms. The summed E-state index contributed by atoms with van der Waals surface area (Å²) in [5, 5.41) is 7.48. The minimum atomic E-state index is 0.173. The summed E-state index contributed by atoms with van der Waals surface area (Å²) in [5.74, 6) is 2.64. The molecule has 3 rings (SSSR count). The Labute approximate surface area is 118 Å². The number of rotatable bonds is 4. The zero-order valence-corrected chi connectivity index (χ0v) is 11.8. The number of ether oxygens (including phenoxy) is 1. The van der Waals surface area contributed by atoms with Crippen LogP contribution < -0.4 is 10.1 Å². The Hall–Kier alpha value is -1.88. The van der Waals surface area contributed by atoms with E-state index in [9.17, 15) is 0 Å². The van der Waals surface area contributed by atoms with Gasteiger partial charge in [-0.05, 0) is 37.9 Å². The van der Waals surface area contributed by atoms with Crippen LogP contribution in [-0.4, -0.2) is 23.3 Å². The molecule has 1 aliphatic heterocycles. The molecule has 1 aromatic carbocycles. The third kappa shape index (κ3) is 2.54. The standard InChI is InChI=1S/C15H19N3O2/c1-3-19-12-6-4-5-11(9-12)14-17-15(20-18-14)13-10(2)7-8-16-13/h4-6,9-10,13,16H,3,7-8H2,1-2H3. The van der Waals surface area contributed by atoms with Crippen LogP contribution in [0.25, 0.3) is 11.4 Å². The molecule has 2 atom stereocenters. The second kappa shape index (κ2) is 5.63. The predicted octanol–water partition coefficient (Wildman–Crippen LogP) is 2.81. The van der Waals surface area contributed by atoms with Crippen molar-refractivity contribution in [3.8, 4) is 17.1 Å². The van der Waals surface area contributed by atoms with Crippen LogP contribution in [0.5, 0.6) is 5.75 Å². The summed E-state index contributed by atoms with van der Waals surface area (Å²) in [5.41, 5.74) is 0.914. The Morgan fingerprint density at radius 3 is 3.10 bits per heavy atom. The first-order valence-corrected chi connectivity index (χ1v) is 7.08. The zero-order chi connectivity index (χ0) is 13.9. The molecule has 0 amide bonds. The van der Waals surface area contributed by atoms with Gasteiger partial charge < -0.3 is 14.6 Å². The highest BCUT2D eigenvalue weighted by Crippen LogP contribution is 2.29. The van der Waals surface area contributed by atoms with Crippen LogP contribution >= 0.6 is 0 Å². The van der Waals surface area contributed by atoms with Crippen molar-refractivity contribution >= 4 is 0 Å². The normalized spacial score (nSPS) is 22.1. The molecule has 2 unspecified atom stereocenters. The molecule has 1 N–H and O–H groups in total. The largest absolute Gasteiger partial charge is 0.494 e. The molecule has 0 bridgehead atoms. The maximum atomic E-state index is 5.49. The molecule has 2 heterocycles. The van der Waals surface area contributed by atoms with Crippen molar-refractivity contribution in [3.05, 3.63) is 30.2 Å². The fourth-order valence-electron chi connectivity index (χ4n) is 2.54. The van der Waals surface area contributed by atoms with Gasteiger partial charge in [0.05, 0.1) is 12.6 Å². The van der Waals surface area contributed by atoms with Gasteiger partial charge in [-0.25, -0.2) is 0 Å². The number of hydrogen-bond donors (Lipinski definition) is 1. The molecule has 0 aliphatic carbocycles. The van der Waals surface area contributed by atoms with E-state index in [0.29, 0.717) is 24.2 Å². The maximum absolute atomic E-state index is 5.49. The lowest BCUT2D eigenvalue weighted by Gasteiger charge is -2.09. The summed E-state index contributed by atoms with van der Waals surface area (Å²) in [7, 11) is 0. The molecular weight excluding hydrogens is 254 g/mol. The van der Waals surface area contributed by atoms with Gasteiger partial charge in [0.25, 0.3) is 0 Å². The maximum Gasteiger partial charge on any atom is 0.244 e. The van der Waals surface area contributed by atoms with Gasteiger partial charge in [0.1, 0.15) is 5.75 Å². The van der Waals surface area contributed by atoms with E-state index in [1.165, 1.54) is 0 Å². The summed E-state index contributed by atoms with van der Waals surface area (Å²) in [4.78, 5) is 4.52. The van der Waals surface area contributed by atoms with Crippen molar-refractivity contribution < 1.29 is 9.26 Å². The van der Waals surface area contributed by atoms with E-state index in [-0.39, 0.29) is 6.04 Å². The Kier molecular flexibility index (Phi) is 3.69. The highest BCUT2D eigenvalue weighted by Gasteiger charge is 2.29. The first-order chi connectivity index (χ1) is 9.78. The smallest absolute Gasteiger partial charge is 0.244 e. The molecule has 20 heavy (non-hydrogen) atoms. The van der Waals surface area contributed by atoms with Gasteiger partial charge in [0.2, 0.25) is 11.7 Å². The van der Waals surface area contributed by atoms with E-state index in [1.54, 1.807) is 0 Å². The molecular formula is C15H19N3O2. The van der Waals surface area contributed by atoms with Crippen LogP contribution in [0.4, 0.5) is 0 Å². The monoisotopic (exact) mass is 273 g/mol. The van der Waals surface area contributed by atoms with Crippen LogP contribution in [0, 0.1) is 5.92 Å². The van der Waals surface area contributed by atoms with Crippen molar-refractivity contribution in [2.24, 2.45) is 5.92 Å². The Bertz CT molecular complexity index is 582. The Morgan fingerprint density at radius 1 is 1.45 bits per heavy atom. The summed E-state index contributed by atoms with van der Waals surface area (Å²) in [6, 6.07) is 7.93. The Balaban J connectivity index is 1.84. The van der Waals surface area contributed by atoms with E-state index < -0.39 is 0 Å². The lowest BCUT2D eigenvalue weighted by atomic mass is 10.0. The zero-order valence-electron chi connectivity index (χ0n) is 11.8. The summed E-state index contributed by atoms with van der Waals surface area (Å²) in [6.07, 6.45) is 1.14. The topological polar surface area (TPSA) is 60.2 Å². The third-order valence-electron chi connectivity index (χ3n) is 3.64. The molecule has 2 aromatic rings. The molecule has 1 fully saturated rings. The number of nitrogens with zero attached hydrogens (tertiary/aromatic N) is 2. The molecule has 1 aliphatic rings. The second-order valence-electron chi connectivity index (χ2n) is 5.11. The van der Waals surface area contributed by atoms with Crippen LogP contribution in [0.2, 0.25) is 0 Å². The van der Waals surface area contributed by atoms with Crippen molar-refractivity contribution in [2.75, 3.05) is 13.2 Å². The molecule has 0 saturated carbocycles. The van der Waals surface area contributed by atoms with Gasteiger partial charge in [0.15, 0.2) is 0 Å². The van der Waals surface area contributed by atoms with Crippen molar-refractivity contribution in [1.82, 2.24) is 15.5 Å². The van der Waals surface area contributed by atoms with Gasteiger partial charge in [-0.2, -0.15) is 4.98 Å². The number of benzene rings is 1. The van der Waals surface area contributed by atoms with Gasteiger partial charge >= 0.3 is 0 Å². The van der Waals surface area contributed by atoms with Gasteiger partial charge in [-0.1, -0.05) is 24.2 Å². The molecule has 5 nitrogen and oxygen atoms in total. The molecule has 5 heteroatoms. The number of aromatic nitrogens is 2. The van der Waals surface area contributed by atoms with Crippen LogP contribution in [0.3, 0.4) is 0 Å². The van der Waals surface area contributed by atoms with Crippen LogP contribution in [0.15, 0.2) is 28.8 Å². The minimum Gasteiger partial charge on any atom is -0.494 e. The minimum absolute atomic E-state index is 0.173. The van der Waals surface area contributed by atoms with E-state index in [1.807, 2.05) is 31.2 Å².